The van der Waals surface area contributed by atoms with Gasteiger partial charge in [0.05, 0.1) is 41.7 Å². The van der Waals surface area contributed by atoms with Crippen molar-refractivity contribution in [2.75, 3.05) is 6.61 Å². The molecule has 10 nitrogen and oxygen atoms in total. The molecule has 13 heteroatoms. The number of nitrogens with zero attached hydrogens (tertiary/aromatic N) is 2. The molecule has 1 aliphatic carbocycles. The number of esters is 1. The topological polar surface area (TPSA) is 140 Å². The van der Waals surface area contributed by atoms with E-state index in [2.05, 4.69) is 10.1 Å². The third-order valence-electron chi connectivity index (χ3n) is 8.63. The number of nitrogens with one attached hydrogen (secondary N) is 1. The first kappa shape index (κ1) is 28.3. The number of aliphatic hydroxyl groups is 2. The van der Waals surface area contributed by atoms with Crippen LogP contribution in [-0.4, -0.2) is 51.0 Å². The second-order valence-electron chi connectivity index (χ2n) is 10.8. The van der Waals surface area contributed by atoms with Crippen LogP contribution < -0.4 is 10.9 Å². The number of rotatable bonds is 7. The maximum Gasteiger partial charge on any atom is 0.345 e. The molecule has 0 bridgehead atoms. The average Bonchev–Trinajstić information content (AvgIpc) is 3.32. The van der Waals surface area contributed by atoms with Crippen LogP contribution in [0.4, 0.5) is 13.2 Å². The molecule has 3 aliphatic rings. The molecule has 0 radical (unpaired) electrons. The van der Waals surface area contributed by atoms with Crippen molar-refractivity contribution < 1.29 is 42.4 Å². The fourth-order valence-corrected chi connectivity index (χ4v) is 6.37. The Kier molecular flexibility index (Phi) is 6.86. The van der Waals surface area contributed by atoms with Gasteiger partial charge in [-0.05, 0) is 48.9 Å². The number of aryl methyl sites for hydroxylation is 1. The SMILES string of the molecule is CC[C@@]1(O)C(=O)OCc2c1cc1n(c2=O)Cc2c-1nc1cc(F)c(C)c3c1c2[C@@H](NC(=O)[C@H](O)CCOC(F)F)CC3. The maximum atomic E-state index is 15.0. The summed E-state index contributed by atoms with van der Waals surface area (Å²) in [6.07, 6.45) is -1.25. The summed E-state index contributed by atoms with van der Waals surface area (Å²) in [5.41, 5.74) is 1.13. The van der Waals surface area contributed by atoms with E-state index in [0.29, 0.717) is 57.4 Å². The highest BCUT2D eigenvalue weighted by Gasteiger charge is 2.46. The van der Waals surface area contributed by atoms with Gasteiger partial charge >= 0.3 is 12.6 Å². The second-order valence-corrected chi connectivity index (χ2v) is 10.8. The number of hydrogen-bond donors (Lipinski definition) is 3. The number of amides is 1. The van der Waals surface area contributed by atoms with E-state index in [1.54, 1.807) is 19.9 Å². The Hall–Kier alpha value is -3.81. The van der Waals surface area contributed by atoms with Crippen molar-refractivity contribution in [2.45, 2.75) is 77.0 Å². The highest BCUT2D eigenvalue weighted by molar-refractivity contribution is 5.94. The third-order valence-corrected chi connectivity index (χ3v) is 8.63. The van der Waals surface area contributed by atoms with Gasteiger partial charge in [0.25, 0.3) is 5.56 Å². The number of alkyl halides is 2. The molecule has 3 atom stereocenters. The quantitative estimate of drug-likeness (QED) is 0.281. The first-order valence-corrected chi connectivity index (χ1v) is 13.7. The summed E-state index contributed by atoms with van der Waals surface area (Å²) >= 11 is 0. The molecular weight excluding hydrogens is 559 g/mol. The van der Waals surface area contributed by atoms with E-state index in [1.807, 2.05) is 0 Å². The molecule has 0 spiro atoms. The largest absolute Gasteiger partial charge is 0.458 e. The minimum atomic E-state index is -3.03. The highest BCUT2D eigenvalue weighted by atomic mass is 19.3. The molecular formula is C29H28F3N3O7. The van der Waals surface area contributed by atoms with Crippen LogP contribution in [0.3, 0.4) is 0 Å². The second kappa shape index (κ2) is 10.2. The van der Waals surface area contributed by atoms with Gasteiger partial charge in [-0.1, -0.05) is 6.92 Å². The summed E-state index contributed by atoms with van der Waals surface area (Å²) in [5, 5.41) is 24.9. The minimum Gasteiger partial charge on any atom is -0.458 e. The number of halogens is 3. The number of fused-ring (bicyclic) bond motifs is 5. The standard InChI is InChI=1S/C29H28F3N3O7/c1-3-29(40)16-8-20-24-14(10-35(20)26(38)15(16)11-42-27(29)39)23-18(34-25(37)21(36)6-7-41-28(31)32)5-4-13-12(2)17(30)9-19(33-24)22(13)23/h8-9,18,21,28,36,40H,3-7,10-11H2,1-2H3,(H,34,37)/t18-,21+,29-/m0/s1. The predicted octanol–water partition coefficient (Wildman–Crippen LogP) is 2.62. The molecule has 222 valence electrons. The monoisotopic (exact) mass is 587 g/mol. The van der Waals surface area contributed by atoms with Gasteiger partial charge in [-0.2, -0.15) is 8.78 Å². The van der Waals surface area contributed by atoms with E-state index in [-0.39, 0.29) is 37.1 Å². The van der Waals surface area contributed by atoms with Crippen molar-refractivity contribution >= 4 is 22.8 Å². The van der Waals surface area contributed by atoms with Crippen molar-refractivity contribution in [3.05, 3.63) is 61.7 Å². The number of pyridine rings is 2. The van der Waals surface area contributed by atoms with E-state index >= 15 is 4.39 Å². The highest BCUT2D eigenvalue weighted by Crippen LogP contribution is 2.46. The van der Waals surface area contributed by atoms with Crippen LogP contribution in [0.2, 0.25) is 0 Å². The van der Waals surface area contributed by atoms with Crippen LogP contribution in [0.15, 0.2) is 16.9 Å². The first-order chi connectivity index (χ1) is 20.0. The first-order valence-electron chi connectivity index (χ1n) is 13.7. The number of benzene rings is 1. The lowest BCUT2D eigenvalue weighted by molar-refractivity contribution is -0.172. The molecule has 3 aromatic rings. The number of ether oxygens (including phenoxy) is 2. The molecule has 0 unspecified atom stereocenters. The van der Waals surface area contributed by atoms with Gasteiger partial charge in [-0.15, -0.1) is 0 Å². The fourth-order valence-electron chi connectivity index (χ4n) is 6.37. The zero-order valence-electron chi connectivity index (χ0n) is 22.8. The van der Waals surface area contributed by atoms with Gasteiger partial charge in [0.2, 0.25) is 5.91 Å². The van der Waals surface area contributed by atoms with E-state index in [9.17, 15) is 33.4 Å². The van der Waals surface area contributed by atoms with Crippen LogP contribution in [0.25, 0.3) is 22.3 Å². The van der Waals surface area contributed by atoms with Crippen LogP contribution in [0.5, 0.6) is 0 Å². The van der Waals surface area contributed by atoms with E-state index in [0.717, 1.165) is 0 Å². The van der Waals surface area contributed by atoms with Crippen LogP contribution in [0, 0.1) is 12.7 Å². The number of cyclic esters (lactones) is 1. The van der Waals surface area contributed by atoms with E-state index in [4.69, 9.17) is 9.72 Å². The zero-order valence-corrected chi connectivity index (χ0v) is 22.8. The fraction of sp³-hybridized carbons (Fsp3) is 0.448. The van der Waals surface area contributed by atoms with Gasteiger partial charge in [-0.25, -0.2) is 14.2 Å². The van der Waals surface area contributed by atoms with Crippen molar-refractivity contribution in [1.29, 1.82) is 0 Å². The molecule has 1 aromatic carbocycles. The van der Waals surface area contributed by atoms with Crippen molar-refractivity contribution in [3.63, 3.8) is 0 Å². The van der Waals surface area contributed by atoms with Crippen LogP contribution in [0.1, 0.15) is 65.6 Å². The van der Waals surface area contributed by atoms with Gasteiger partial charge < -0.3 is 29.6 Å². The summed E-state index contributed by atoms with van der Waals surface area (Å²) in [6.45, 7) is -0.538. The third kappa shape index (κ3) is 4.21. The van der Waals surface area contributed by atoms with Crippen LogP contribution in [-0.2, 0) is 44.2 Å². The average molecular weight is 588 g/mol. The maximum absolute atomic E-state index is 15.0. The smallest absolute Gasteiger partial charge is 0.345 e. The number of aromatic nitrogens is 2. The molecule has 1 amide bonds. The Morgan fingerprint density at radius 1 is 1.29 bits per heavy atom. The predicted molar refractivity (Wildman–Crippen MR) is 141 cm³/mol. The van der Waals surface area contributed by atoms with Gasteiger partial charge in [0, 0.05) is 29.0 Å². The Balaban J connectivity index is 1.49. The van der Waals surface area contributed by atoms with Crippen molar-refractivity contribution in [2.24, 2.45) is 0 Å². The number of carbonyl (C=O) groups is 2. The molecule has 3 N–H and O–H groups in total. The lowest BCUT2D eigenvalue weighted by atomic mass is 9.81. The van der Waals surface area contributed by atoms with E-state index in [1.165, 1.54) is 10.6 Å². The molecule has 0 saturated carbocycles. The summed E-state index contributed by atoms with van der Waals surface area (Å²) < 4.78 is 50.4. The zero-order chi connectivity index (χ0) is 30.1. The summed E-state index contributed by atoms with van der Waals surface area (Å²) in [6, 6.07) is 2.17. The normalized spacial score (nSPS) is 21.1. The van der Waals surface area contributed by atoms with Gasteiger partial charge in [0.1, 0.15) is 18.5 Å². The van der Waals surface area contributed by atoms with Crippen molar-refractivity contribution in [1.82, 2.24) is 14.9 Å². The number of hydrogen-bond acceptors (Lipinski definition) is 8. The van der Waals surface area contributed by atoms with Gasteiger partial charge in [0.15, 0.2) is 5.60 Å². The molecule has 6 rings (SSSR count). The summed E-state index contributed by atoms with van der Waals surface area (Å²) in [7, 11) is 0. The van der Waals surface area contributed by atoms with Crippen molar-refractivity contribution in [3.8, 4) is 11.4 Å². The lowest BCUT2D eigenvalue weighted by Crippen LogP contribution is -2.44. The molecule has 2 aliphatic heterocycles. The van der Waals surface area contributed by atoms with Crippen LogP contribution >= 0.6 is 0 Å². The Morgan fingerprint density at radius 2 is 2.05 bits per heavy atom. The number of aliphatic hydroxyl groups excluding tert-OH is 1. The van der Waals surface area contributed by atoms with Gasteiger partial charge in [-0.3, -0.25) is 9.59 Å². The molecule has 0 fully saturated rings. The molecule has 0 saturated heterocycles. The Bertz CT molecular complexity index is 1720. The molecule has 42 heavy (non-hydrogen) atoms. The minimum absolute atomic E-state index is 0.0301. The lowest BCUT2D eigenvalue weighted by Gasteiger charge is -2.31. The Labute approximate surface area is 237 Å². The number of carbonyl (C=O) groups excluding carboxylic acids is 2. The summed E-state index contributed by atoms with van der Waals surface area (Å²) in [5.74, 6) is -2.11. The molecule has 4 heterocycles. The molecule has 2 aromatic heterocycles. The summed E-state index contributed by atoms with van der Waals surface area (Å²) in [4.78, 5) is 43.8. The van der Waals surface area contributed by atoms with E-state index < -0.39 is 54.2 Å². The Morgan fingerprint density at radius 3 is 2.76 bits per heavy atom.